The molecule has 0 atom stereocenters. The fraction of sp³-hybridized carbons (Fsp3) is 0.0714. The third-order valence-corrected chi connectivity index (χ3v) is 5.69. The van der Waals surface area contributed by atoms with Gasteiger partial charge in [-0.1, -0.05) is 0 Å². The summed E-state index contributed by atoms with van der Waals surface area (Å²) in [7, 11) is 0. The number of nitrogens with zero attached hydrogens (tertiary/aromatic N) is 1. The van der Waals surface area contributed by atoms with Crippen LogP contribution in [0.5, 0.6) is 0 Å². The summed E-state index contributed by atoms with van der Waals surface area (Å²) in [5.74, 6) is 0. The number of benzene rings is 2. The Hall–Kier alpha value is -1.10. The van der Waals surface area contributed by atoms with Gasteiger partial charge in [0.15, 0.2) is 0 Å². The Morgan fingerprint density at radius 2 is 1.75 bits per heavy atom. The fourth-order valence-electron chi connectivity index (χ4n) is 1.79. The van der Waals surface area contributed by atoms with Crippen LogP contribution >= 0.6 is 0 Å². The molecule has 0 aliphatic heterocycles. The summed E-state index contributed by atoms with van der Waals surface area (Å²) < 4.78 is 2.79. The van der Waals surface area contributed by atoms with Crippen LogP contribution in [0.1, 0.15) is 5.56 Å². The van der Waals surface area contributed by atoms with Gasteiger partial charge >= 0.3 is 105 Å². The monoisotopic (exact) mass is 323 g/mol. The molecule has 2 heteroatoms. The number of para-hydroxylation sites is 1. The second kappa shape index (κ2) is 4.05. The van der Waals surface area contributed by atoms with Crippen molar-refractivity contribution in [3.8, 4) is 9.27 Å². The maximum atomic E-state index is 4.80. The van der Waals surface area contributed by atoms with Gasteiger partial charge in [-0.2, -0.15) is 0 Å². The molecule has 0 saturated heterocycles. The van der Waals surface area contributed by atoms with Crippen molar-refractivity contribution < 1.29 is 0 Å². The number of hydrogen-bond donors (Lipinski definition) is 0. The molecule has 1 heterocycles. The zero-order valence-electron chi connectivity index (χ0n) is 8.97. The van der Waals surface area contributed by atoms with E-state index >= 15 is 0 Å². The summed E-state index contributed by atoms with van der Waals surface area (Å²) in [5.41, 5.74) is 3.82. The van der Waals surface area contributed by atoms with Gasteiger partial charge in [-0.05, 0) is 0 Å². The second-order valence-electron chi connectivity index (χ2n) is 3.81. The molecule has 0 bridgehead atoms. The topological polar surface area (TPSA) is 12.9 Å². The third-order valence-electron chi connectivity index (χ3n) is 2.64. The van der Waals surface area contributed by atoms with Crippen LogP contribution in [0.2, 0.25) is 0 Å². The Morgan fingerprint density at radius 1 is 0.938 bits per heavy atom. The van der Waals surface area contributed by atoms with E-state index in [9.17, 15) is 0 Å². The molecule has 0 unspecified atom stereocenters. The molecule has 0 fully saturated rings. The zero-order chi connectivity index (χ0) is 11.0. The summed E-state index contributed by atoms with van der Waals surface area (Å²) in [6.45, 7) is 2.14. The Kier molecular flexibility index (Phi) is 2.55. The molecule has 3 aromatic rings. The number of rotatable bonds is 1. The van der Waals surface area contributed by atoms with Gasteiger partial charge in [-0.25, -0.2) is 0 Å². The van der Waals surface area contributed by atoms with E-state index in [2.05, 4.69) is 55.5 Å². The first-order valence-corrected chi connectivity index (χ1v) is 7.59. The van der Waals surface area contributed by atoms with Crippen LogP contribution in [0.3, 0.4) is 0 Å². The Bertz CT molecular complexity index is 626. The van der Waals surface area contributed by atoms with Crippen LogP contribution in [0, 0.1) is 6.92 Å². The molecule has 2 aromatic carbocycles. The van der Waals surface area contributed by atoms with Gasteiger partial charge in [0.25, 0.3) is 0 Å². The van der Waals surface area contributed by atoms with Gasteiger partial charge in [-0.3, -0.25) is 0 Å². The molecule has 1 aromatic heterocycles. The number of aryl methyl sites for hydroxylation is 1. The predicted octanol–water partition coefficient (Wildman–Crippen LogP) is 3.27. The Labute approximate surface area is 104 Å². The summed E-state index contributed by atoms with van der Waals surface area (Å²) in [6.07, 6.45) is 0. The van der Waals surface area contributed by atoms with Gasteiger partial charge in [0, 0.05) is 0 Å². The standard InChI is InChI=1S/C14H11NTe/c1-10-6-5-9-12-13(10)15-14(16-12)11-7-3-2-4-8-11/h2-9H,1H3. The van der Waals surface area contributed by atoms with E-state index in [0.717, 1.165) is 0 Å². The minimum atomic E-state index is -0.279. The van der Waals surface area contributed by atoms with Crippen molar-refractivity contribution in [1.82, 2.24) is 4.98 Å². The van der Waals surface area contributed by atoms with Gasteiger partial charge in [-0.15, -0.1) is 0 Å². The van der Waals surface area contributed by atoms with Crippen molar-refractivity contribution in [2.24, 2.45) is 0 Å². The van der Waals surface area contributed by atoms with Crippen molar-refractivity contribution in [2.45, 2.75) is 6.92 Å². The first-order valence-electron chi connectivity index (χ1n) is 5.26. The summed E-state index contributed by atoms with van der Waals surface area (Å²) in [5, 5.41) is 0. The molecule has 0 amide bonds. The molecule has 0 saturated carbocycles. The number of hydrogen-bond acceptors (Lipinski definition) is 1. The summed E-state index contributed by atoms with van der Waals surface area (Å²) in [6, 6.07) is 17.0. The van der Waals surface area contributed by atoms with Gasteiger partial charge < -0.3 is 0 Å². The Morgan fingerprint density at radius 3 is 2.50 bits per heavy atom. The normalized spacial score (nSPS) is 10.8. The van der Waals surface area contributed by atoms with Crippen molar-refractivity contribution in [1.29, 1.82) is 0 Å². The molecular formula is C14H11NTe. The van der Waals surface area contributed by atoms with Crippen LogP contribution in [0.25, 0.3) is 18.2 Å². The van der Waals surface area contributed by atoms with Crippen LogP contribution in [0.15, 0.2) is 48.5 Å². The van der Waals surface area contributed by atoms with Crippen molar-refractivity contribution in [3.63, 3.8) is 0 Å². The van der Waals surface area contributed by atoms with Crippen LogP contribution in [-0.2, 0) is 0 Å². The van der Waals surface area contributed by atoms with Crippen LogP contribution in [-0.4, -0.2) is 25.4 Å². The van der Waals surface area contributed by atoms with E-state index in [-0.39, 0.29) is 20.4 Å². The predicted molar refractivity (Wildman–Crippen MR) is 68.9 cm³/mol. The molecule has 0 aliphatic rings. The van der Waals surface area contributed by atoms with Gasteiger partial charge in [0.2, 0.25) is 0 Å². The van der Waals surface area contributed by atoms with Crippen molar-refractivity contribution in [2.75, 3.05) is 0 Å². The van der Waals surface area contributed by atoms with E-state index in [1.165, 1.54) is 23.8 Å². The summed E-state index contributed by atoms with van der Waals surface area (Å²) >= 11 is -0.279. The SMILES string of the molecule is Cc1cccc2[te]c(-c3ccccc3)nc12. The van der Waals surface area contributed by atoms with Crippen molar-refractivity contribution in [3.05, 3.63) is 54.1 Å². The van der Waals surface area contributed by atoms with E-state index in [1.807, 2.05) is 0 Å². The zero-order valence-corrected chi connectivity index (χ0v) is 11.3. The van der Waals surface area contributed by atoms with E-state index in [0.29, 0.717) is 0 Å². The maximum absolute atomic E-state index is 4.80. The van der Waals surface area contributed by atoms with Crippen LogP contribution < -0.4 is 0 Å². The molecule has 0 aliphatic carbocycles. The Balaban J connectivity index is 2.23. The molecular weight excluding hydrogens is 310 g/mol. The third kappa shape index (κ3) is 1.69. The van der Waals surface area contributed by atoms with E-state index < -0.39 is 0 Å². The first-order chi connectivity index (χ1) is 7.84. The van der Waals surface area contributed by atoms with Gasteiger partial charge in [0.05, 0.1) is 0 Å². The number of fused-ring (bicyclic) bond motifs is 1. The number of aromatic nitrogens is 1. The molecule has 0 radical (unpaired) electrons. The average molecular weight is 321 g/mol. The minimum absolute atomic E-state index is 0.279. The van der Waals surface area contributed by atoms with Crippen molar-refractivity contribution >= 4 is 29.3 Å². The summed E-state index contributed by atoms with van der Waals surface area (Å²) in [4.78, 5) is 4.80. The molecule has 78 valence electrons. The molecule has 3 rings (SSSR count). The molecule has 0 spiro atoms. The van der Waals surface area contributed by atoms with E-state index in [4.69, 9.17) is 4.98 Å². The van der Waals surface area contributed by atoms with Crippen LogP contribution in [0.4, 0.5) is 0 Å². The first kappa shape index (κ1) is 10.1. The molecule has 1 nitrogen and oxygen atoms in total. The average Bonchev–Trinajstić information content (AvgIpc) is 2.76. The van der Waals surface area contributed by atoms with E-state index in [1.54, 1.807) is 0 Å². The quantitative estimate of drug-likeness (QED) is 0.627. The molecule has 0 N–H and O–H groups in total. The van der Waals surface area contributed by atoms with Gasteiger partial charge in [0.1, 0.15) is 0 Å². The second-order valence-corrected chi connectivity index (χ2v) is 6.75. The fourth-order valence-corrected chi connectivity index (χ4v) is 4.78. The molecule has 16 heavy (non-hydrogen) atoms.